The van der Waals surface area contributed by atoms with Gasteiger partial charge in [0.2, 0.25) is 0 Å². The van der Waals surface area contributed by atoms with Crippen molar-refractivity contribution in [2.24, 2.45) is 0 Å². The van der Waals surface area contributed by atoms with Crippen LogP contribution in [-0.2, 0) is 9.59 Å². The van der Waals surface area contributed by atoms with Gasteiger partial charge in [-0.15, -0.1) is 0 Å². The third-order valence-electron chi connectivity index (χ3n) is 4.37. The van der Waals surface area contributed by atoms with Crippen LogP contribution >= 0.6 is 11.6 Å². The number of benzene rings is 2. The van der Waals surface area contributed by atoms with Crippen molar-refractivity contribution in [3.05, 3.63) is 59.6 Å². The summed E-state index contributed by atoms with van der Waals surface area (Å²) >= 11 is 6.04. The highest BCUT2D eigenvalue weighted by molar-refractivity contribution is 6.40. The van der Waals surface area contributed by atoms with Gasteiger partial charge in [-0.3, -0.25) is 9.59 Å². The van der Waals surface area contributed by atoms with Gasteiger partial charge in [0.05, 0.1) is 0 Å². The molecule has 0 radical (unpaired) electrons. The van der Waals surface area contributed by atoms with Crippen LogP contribution in [0.2, 0.25) is 5.02 Å². The van der Waals surface area contributed by atoms with E-state index in [1.54, 1.807) is 11.9 Å². The molecule has 25 heavy (non-hydrogen) atoms. The number of carbonyl (C=O) groups is 2. The van der Waals surface area contributed by atoms with Crippen molar-refractivity contribution in [1.82, 2.24) is 4.90 Å². The zero-order valence-electron chi connectivity index (χ0n) is 14.1. The quantitative estimate of drug-likeness (QED) is 0.776. The number of nitrogens with zero attached hydrogens (tertiary/aromatic N) is 3. The summed E-state index contributed by atoms with van der Waals surface area (Å²) in [6.45, 7) is 2.38. The first-order valence-electron chi connectivity index (χ1n) is 8.19. The maximum atomic E-state index is 12.5. The van der Waals surface area contributed by atoms with Gasteiger partial charge in [-0.05, 0) is 30.3 Å². The maximum Gasteiger partial charge on any atom is 0.316 e. The molecule has 3 rings (SSSR count). The van der Waals surface area contributed by atoms with Crippen LogP contribution in [0.5, 0.6) is 0 Å². The average molecular weight is 358 g/mol. The van der Waals surface area contributed by atoms with E-state index in [0.29, 0.717) is 36.9 Å². The minimum atomic E-state index is -0.512. The number of hydrogen-bond donors (Lipinski definition) is 0. The summed E-state index contributed by atoms with van der Waals surface area (Å²) < 4.78 is 0. The lowest BCUT2D eigenvalue weighted by molar-refractivity contribution is -0.144. The van der Waals surface area contributed by atoms with Crippen LogP contribution in [0.3, 0.4) is 0 Å². The van der Waals surface area contributed by atoms with Crippen molar-refractivity contribution in [2.75, 3.05) is 43.0 Å². The molecule has 2 amide bonds. The van der Waals surface area contributed by atoms with Crippen LogP contribution in [-0.4, -0.2) is 49.9 Å². The number of piperazine rings is 1. The molecule has 0 bridgehead atoms. The molecule has 0 saturated carbocycles. The van der Waals surface area contributed by atoms with Crippen LogP contribution in [0.4, 0.5) is 11.4 Å². The zero-order chi connectivity index (χ0) is 17.8. The summed E-state index contributed by atoms with van der Waals surface area (Å²) in [5.74, 6) is -0.973. The molecule has 1 aliphatic heterocycles. The second kappa shape index (κ2) is 7.57. The lowest BCUT2D eigenvalue weighted by Crippen LogP contribution is -2.53. The van der Waals surface area contributed by atoms with Crippen molar-refractivity contribution < 1.29 is 9.59 Å². The normalized spacial score (nSPS) is 14.3. The highest BCUT2D eigenvalue weighted by Gasteiger charge is 2.28. The molecule has 0 N–H and O–H groups in total. The van der Waals surface area contributed by atoms with Crippen LogP contribution in [0, 0.1) is 0 Å². The predicted octanol–water partition coefficient (Wildman–Crippen LogP) is 2.65. The molecular formula is C19H20ClN3O2. The Bertz CT molecular complexity index is 758. The van der Waals surface area contributed by atoms with E-state index >= 15 is 0 Å². The molecule has 2 aromatic carbocycles. The minimum Gasteiger partial charge on any atom is -0.368 e. The van der Waals surface area contributed by atoms with E-state index in [4.69, 9.17) is 11.6 Å². The summed E-state index contributed by atoms with van der Waals surface area (Å²) in [6.07, 6.45) is 0. The molecule has 0 spiro atoms. The Balaban J connectivity index is 1.60. The van der Waals surface area contributed by atoms with E-state index in [1.165, 1.54) is 4.90 Å². The fourth-order valence-corrected chi connectivity index (χ4v) is 3.07. The second-order valence-corrected chi connectivity index (χ2v) is 6.40. The highest BCUT2D eigenvalue weighted by atomic mass is 35.5. The molecule has 2 aromatic rings. The van der Waals surface area contributed by atoms with E-state index in [0.717, 1.165) is 5.69 Å². The number of carbonyl (C=O) groups excluding carboxylic acids is 2. The Morgan fingerprint density at radius 1 is 0.960 bits per heavy atom. The van der Waals surface area contributed by atoms with Crippen molar-refractivity contribution in [3.63, 3.8) is 0 Å². The fraction of sp³-hybridized carbons (Fsp3) is 0.263. The number of hydrogen-bond acceptors (Lipinski definition) is 3. The number of amides is 2. The van der Waals surface area contributed by atoms with Crippen molar-refractivity contribution in [1.29, 1.82) is 0 Å². The van der Waals surface area contributed by atoms with Crippen molar-refractivity contribution in [2.45, 2.75) is 0 Å². The fourth-order valence-electron chi connectivity index (χ4n) is 2.89. The van der Waals surface area contributed by atoms with Gasteiger partial charge in [-0.2, -0.15) is 0 Å². The first-order chi connectivity index (χ1) is 12.1. The van der Waals surface area contributed by atoms with Gasteiger partial charge >= 0.3 is 11.8 Å². The molecular weight excluding hydrogens is 338 g/mol. The molecule has 0 atom stereocenters. The van der Waals surface area contributed by atoms with Crippen molar-refractivity contribution in [3.8, 4) is 0 Å². The first kappa shape index (κ1) is 17.3. The second-order valence-electron chi connectivity index (χ2n) is 5.96. The Morgan fingerprint density at radius 2 is 1.64 bits per heavy atom. The maximum absolute atomic E-state index is 12.5. The van der Waals surface area contributed by atoms with E-state index in [-0.39, 0.29) is 0 Å². The third-order valence-corrected chi connectivity index (χ3v) is 4.61. The van der Waals surface area contributed by atoms with Gasteiger partial charge in [-0.1, -0.05) is 35.9 Å². The summed E-state index contributed by atoms with van der Waals surface area (Å²) in [4.78, 5) is 30.1. The Labute approximate surface area is 152 Å². The topological polar surface area (TPSA) is 43.9 Å². The number of halogens is 1. The standard InChI is InChI=1S/C19H20ClN3O2/c1-21(16-7-3-2-4-8-16)18(24)19(25)23-12-10-22(11-13-23)17-9-5-6-15(20)14-17/h2-9,14H,10-13H2,1H3. The van der Waals surface area contributed by atoms with Gasteiger partial charge in [0.1, 0.15) is 0 Å². The average Bonchev–Trinajstić information content (AvgIpc) is 2.67. The Morgan fingerprint density at radius 3 is 2.28 bits per heavy atom. The summed E-state index contributed by atoms with van der Waals surface area (Å²) in [7, 11) is 1.62. The van der Waals surface area contributed by atoms with E-state index < -0.39 is 11.8 Å². The van der Waals surface area contributed by atoms with Gasteiger partial charge in [0.15, 0.2) is 0 Å². The molecule has 130 valence electrons. The SMILES string of the molecule is CN(C(=O)C(=O)N1CCN(c2cccc(Cl)c2)CC1)c1ccccc1. The van der Waals surface area contributed by atoms with E-state index in [2.05, 4.69) is 4.90 Å². The Hall–Kier alpha value is -2.53. The number of para-hydroxylation sites is 1. The van der Waals surface area contributed by atoms with Gasteiger partial charge < -0.3 is 14.7 Å². The molecule has 1 heterocycles. The van der Waals surface area contributed by atoms with Gasteiger partial charge in [0.25, 0.3) is 0 Å². The smallest absolute Gasteiger partial charge is 0.316 e. The number of anilines is 2. The molecule has 1 aliphatic rings. The molecule has 1 saturated heterocycles. The molecule has 6 heteroatoms. The van der Waals surface area contributed by atoms with Gasteiger partial charge in [-0.25, -0.2) is 0 Å². The van der Waals surface area contributed by atoms with Crippen LogP contribution in [0.1, 0.15) is 0 Å². The molecule has 0 unspecified atom stereocenters. The lowest BCUT2D eigenvalue weighted by Gasteiger charge is -2.36. The Kier molecular flexibility index (Phi) is 5.24. The molecule has 0 aliphatic carbocycles. The summed E-state index contributed by atoms with van der Waals surface area (Å²) in [5, 5.41) is 0.690. The van der Waals surface area contributed by atoms with E-state index in [1.807, 2.05) is 54.6 Å². The zero-order valence-corrected chi connectivity index (χ0v) is 14.8. The molecule has 5 nitrogen and oxygen atoms in total. The largest absolute Gasteiger partial charge is 0.368 e. The third kappa shape index (κ3) is 3.94. The van der Waals surface area contributed by atoms with E-state index in [9.17, 15) is 9.59 Å². The monoisotopic (exact) mass is 357 g/mol. The lowest BCUT2D eigenvalue weighted by atomic mass is 10.2. The van der Waals surface area contributed by atoms with Gasteiger partial charge in [0, 0.05) is 49.6 Å². The first-order valence-corrected chi connectivity index (χ1v) is 8.56. The summed E-state index contributed by atoms with van der Waals surface area (Å²) in [6, 6.07) is 16.8. The highest BCUT2D eigenvalue weighted by Crippen LogP contribution is 2.21. The summed E-state index contributed by atoms with van der Waals surface area (Å²) in [5.41, 5.74) is 1.74. The molecule has 1 fully saturated rings. The van der Waals surface area contributed by atoms with Crippen LogP contribution in [0.15, 0.2) is 54.6 Å². The van der Waals surface area contributed by atoms with Crippen LogP contribution < -0.4 is 9.80 Å². The van der Waals surface area contributed by atoms with Crippen molar-refractivity contribution >= 4 is 34.8 Å². The number of rotatable bonds is 2. The molecule has 0 aromatic heterocycles. The minimum absolute atomic E-state index is 0.461. The van der Waals surface area contributed by atoms with Crippen LogP contribution in [0.25, 0.3) is 0 Å². The predicted molar refractivity (Wildman–Crippen MR) is 100 cm³/mol. The number of likely N-dealkylation sites (N-methyl/N-ethyl adjacent to an activating group) is 1.